The van der Waals surface area contributed by atoms with E-state index < -0.39 is 0 Å². The Hall–Kier alpha value is -0.910. The van der Waals surface area contributed by atoms with E-state index in [1.807, 2.05) is 6.33 Å². The molecule has 0 bridgehead atoms. The first-order chi connectivity index (χ1) is 8.76. The van der Waals surface area contributed by atoms with Gasteiger partial charge in [0.15, 0.2) is 0 Å². The Balaban J connectivity index is 2.22. The van der Waals surface area contributed by atoms with Crippen LogP contribution in [0, 0.1) is 0 Å². The number of rotatable bonds is 10. The summed E-state index contributed by atoms with van der Waals surface area (Å²) >= 11 is 0. The van der Waals surface area contributed by atoms with Gasteiger partial charge in [-0.2, -0.15) is 0 Å². The lowest BCUT2D eigenvalue weighted by molar-refractivity contribution is 0.159. The van der Waals surface area contributed by atoms with Crippen LogP contribution in [0.4, 0.5) is 0 Å². The highest BCUT2D eigenvalue weighted by atomic mass is 16.5. The molecular weight excluding hydrogens is 228 g/mol. The van der Waals surface area contributed by atoms with E-state index in [1.165, 1.54) is 0 Å². The Bertz CT molecular complexity index is 314. The molecule has 0 aliphatic carbocycles. The van der Waals surface area contributed by atoms with Crippen LogP contribution in [0.5, 0.6) is 0 Å². The Morgan fingerprint density at radius 3 is 3.00 bits per heavy atom. The van der Waals surface area contributed by atoms with E-state index >= 15 is 0 Å². The summed E-state index contributed by atoms with van der Waals surface area (Å²) in [6.07, 6.45) is 5.19. The first kappa shape index (κ1) is 15.1. The first-order valence-electron chi connectivity index (χ1n) is 6.65. The van der Waals surface area contributed by atoms with Crippen molar-refractivity contribution < 1.29 is 4.74 Å². The number of likely N-dealkylation sites (N-methyl/N-ethyl adjacent to an activating group) is 1. The molecule has 0 aromatic carbocycles. The summed E-state index contributed by atoms with van der Waals surface area (Å²) in [5.41, 5.74) is 1.11. The van der Waals surface area contributed by atoms with Crippen LogP contribution in [0.15, 0.2) is 12.5 Å². The Morgan fingerprint density at radius 1 is 1.44 bits per heavy atom. The largest absolute Gasteiger partial charge is 0.383 e. The van der Waals surface area contributed by atoms with Gasteiger partial charge in [-0.15, -0.1) is 0 Å². The van der Waals surface area contributed by atoms with E-state index in [0.29, 0.717) is 0 Å². The minimum atomic E-state index is 0.784. The van der Waals surface area contributed by atoms with Gasteiger partial charge in [-0.05, 0) is 20.0 Å². The fraction of sp³-hybridized carbons (Fsp3) is 0.769. The zero-order valence-corrected chi connectivity index (χ0v) is 11.9. The molecule has 0 fully saturated rings. The number of ether oxygens (including phenoxy) is 1. The molecule has 104 valence electrons. The number of aromatic nitrogens is 2. The molecule has 1 heterocycles. The third kappa shape index (κ3) is 6.14. The van der Waals surface area contributed by atoms with Crippen molar-refractivity contribution >= 4 is 0 Å². The lowest BCUT2D eigenvalue weighted by atomic mass is 10.4. The van der Waals surface area contributed by atoms with E-state index in [0.717, 1.165) is 51.4 Å². The van der Waals surface area contributed by atoms with Gasteiger partial charge in [0.2, 0.25) is 0 Å². The van der Waals surface area contributed by atoms with Gasteiger partial charge in [-0.3, -0.25) is 0 Å². The summed E-state index contributed by atoms with van der Waals surface area (Å²) in [4.78, 5) is 6.65. The van der Waals surface area contributed by atoms with Gasteiger partial charge in [-0.25, -0.2) is 4.98 Å². The fourth-order valence-electron chi connectivity index (χ4n) is 1.66. The average Bonchev–Trinajstić information content (AvgIpc) is 2.82. The normalized spacial score (nSPS) is 11.3. The van der Waals surface area contributed by atoms with Gasteiger partial charge in [0.05, 0.1) is 18.6 Å². The molecule has 0 saturated carbocycles. The first-order valence-corrected chi connectivity index (χ1v) is 6.65. The van der Waals surface area contributed by atoms with E-state index in [1.54, 1.807) is 7.11 Å². The molecule has 0 spiro atoms. The van der Waals surface area contributed by atoms with E-state index in [9.17, 15) is 0 Å². The zero-order valence-electron chi connectivity index (χ0n) is 11.9. The molecule has 5 nitrogen and oxygen atoms in total. The maximum absolute atomic E-state index is 5.05. The standard InChI is InChI=1S/C13H26N4O/c1-4-5-14-10-13-11-17(12-15-13)7-6-16(2)8-9-18-3/h11-12,14H,4-10H2,1-3H3. The van der Waals surface area contributed by atoms with Crippen molar-refractivity contribution in [1.29, 1.82) is 0 Å². The molecule has 0 aliphatic heterocycles. The molecule has 0 aliphatic rings. The van der Waals surface area contributed by atoms with Gasteiger partial charge in [0, 0.05) is 39.5 Å². The summed E-state index contributed by atoms with van der Waals surface area (Å²) in [5, 5.41) is 3.35. The smallest absolute Gasteiger partial charge is 0.0950 e. The highest BCUT2D eigenvalue weighted by Crippen LogP contribution is 1.97. The predicted molar refractivity (Wildman–Crippen MR) is 73.6 cm³/mol. The van der Waals surface area contributed by atoms with Crippen LogP contribution in [0.3, 0.4) is 0 Å². The number of hydrogen-bond acceptors (Lipinski definition) is 4. The molecule has 1 N–H and O–H groups in total. The molecule has 0 amide bonds. The molecule has 1 aromatic rings. The maximum atomic E-state index is 5.05. The minimum absolute atomic E-state index is 0.784. The highest BCUT2D eigenvalue weighted by molar-refractivity contribution is 4.96. The summed E-state index contributed by atoms with van der Waals surface area (Å²) in [6.45, 7) is 7.82. The van der Waals surface area contributed by atoms with Crippen LogP contribution >= 0.6 is 0 Å². The molecule has 1 aromatic heterocycles. The number of imidazole rings is 1. The van der Waals surface area contributed by atoms with Crippen LogP contribution in [-0.2, 0) is 17.8 Å². The number of nitrogens with zero attached hydrogens (tertiary/aromatic N) is 3. The topological polar surface area (TPSA) is 42.3 Å². The van der Waals surface area contributed by atoms with Crippen molar-refractivity contribution in [2.24, 2.45) is 0 Å². The molecule has 0 radical (unpaired) electrons. The number of hydrogen-bond donors (Lipinski definition) is 1. The van der Waals surface area contributed by atoms with Crippen LogP contribution in [0.2, 0.25) is 0 Å². The molecule has 18 heavy (non-hydrogen) atoms. The van der Waals surface area contributed by atoms with Gasteiger partial charge >= 0.3 is 0 Å². The predicted octanol–water partition coefficient (Wildman–Crippen LogP) is 0.961. The van der Waals surface area contributed by atoms with Crippen molar-refractivity contribution in [1.82, 2.24) is 19.8 Å². The lowest BCUT2D eigenvalue weighted by Crippen LogP contribution is -2.26. The maximum Gasteiger partial charge on any atom is 0.0950 e. The molecule has 0 atom stereocenters. The van der Waals surface area contributed by atoms with E-state index in [4.69, 9.17) is 4.74 Å². The van der Waals surface area contributed by atoms with Gasteiger partial charge < -0.3 is 19.5 Å². The Labute approximate surface area is 110 Å². The molecule has 1 rings (SSSR count). The van der Waals surface area contributed by atoms with Crippen LogP contribution in [0.25, 0.3) is 0 Å². The second-order valence-electron chi connectivity index (χ2n) is 4.58. The van der Waals surface area contributed by atoms with Gasteiger partial charge in [0.1, 0.15) is 0 Å². The number of methoxy groups -OCH3 is 1. The minimum Gasteiger partial charge on any atom is -0.383 e. The third-order valence-corrected chi connectivity index (χ3v) is 2.84. The molecule has 0 unspecified atom stereocenters. The van der Waals surface area contributed by atoms with Crippen LogP contribution in [-0.4, -0.2) is 54.8 Å². The second kappa shape index (κ2) is 9.08. The van der Waals surface area contributed by atoms with E-state index in [-0.39, 0.29) is 0 Å². The van der Waals surface area contributed by atoms with Crippen LogP contribution in [0.1, 0.15) is 19.0 Å². The second-order valence-corrected chi connectivity index (χ2v) is 4.58. The lowest BCUT2D eigenvalue weighted by Gasteiger charge is -2.15. The van der Waals surface area contributed by atoms with Crippen molar-refractivity contribution in [3.8, 4) is 0 Å². The van der Waals surface area contributed by atoms with Crippen molar-refractivity contribution in [2.75, 3.05) is 40.4 Å². The van der Waals surface area contributed by atoms with Crippen molar-refractivity contribution in [3.63, 3.8) is 0 Å². The molecule has 0 saturated heterocycles. The number of nitrogens with one attached hydrogen (secondary N) is 1. The fourth-order valence-corrected chi connectivity index (χ4v) is 1.66. The van der Waals surface area contributed by atoms with Gasteiger partial charge in [0.25, 0.3) is 0 Å². The van der Waals surface area contributed by atoms with Crippen molar-refractivity contribution in [2.45, 2.75) is 26.4 Å². The van der Waals surface area contributed by atoms with Crippen molar-refractivity contribution in [3.05, 3.63) is 18.2 Å². The average molecular weight is 254 g/mol. The van der Waals surface area contributed by atoms with Crippen LogP contribution < -0.4 is 5.32 Å². The SMILES string of the molecule is CCCNCc1cn(CCN(C)CCOC)cn1. The Morgan fingerprint density at radius 2 is 2.28 bits per heavy atom. The third-order valence-electron chi connectivity index (χ3n) is 2.84. The summed E-state index contributed by atoms with van der Waals surface area (Å²) < 4.78 is 7.20. The van der Waals surface area contributed by atoms with Gasteiger partial charge in [-0.1, -0.05) is 6.92 Å². The molecular formula is C13H26N4O. The summed E-state index contributed by atoms with van der Waals surface area (Å²) in [7, 11) is 3.85. The quantitative estimate of drug-likeness (QED) is 0.632. The monoisotopic (exact) mass is 254 g/mol. The zero-order chi connectivity index (χ0) is 13.2. The molecule has 5 heteroatoms. The highest BCUT2D eigenvalue weighted by Gasteiger charge is 2.01. The summed E-state index contributed by atoms with van der Waals surface area (Å²) in [5.74, 6) is 0. The van der Waals surface area contributed by atoms with E-state index in [2.05, 4.69) is 39.9 Å². The summed E-state index contributed by atoms with van der Waals surface area (Å²) in [6, 6.07) is 0. The Kier molecular flexibility index (Phi) is 7.64.